The highest BCUT2D eigenvalue weighted by atomic mass is 35.5. The molecule has 4 rings (SSSR count). The molecule has 2 aromatic carbocycles. The number of benzene rings is 2. The molecule has 0 radical (unpaired) electrons. The zero-order valence-corrected chi connectivity index (χ0v) is 20.2. The molecule has 0 spiro atoms. The molecule has 1 amide bonds. The summed E-state index contributed by atoms with van der Waals surface area (Å²) in [6.45, 7) is 5.52. The molecule has 2 N–H and O–H groups in total. The second-order valence-corrected chi connectivity index (χ2v) is 8.79. The van der Waals surface area contributed by atoms with Gasteiger partial charge in [-0.15, -0.1) is 0 Å². The van der Waals surface area contributed by atoms with E-state index < -0.39 is 0 Å². The predicted octanol–water partition coefficient (Wildman–Crippen LogP) is 6.11. The Balaban J connectivity index is 1.71. The smallest absolute Gasteiger partial charge is 0.247 e. The monoisotopic (exact) mass is 485 g/mol. The van der Waals surface area contributed by atoms with Gasteiger partial charge < -0.3 is 14.8 Å². The summed E-state index contributed by atoms with van der Waals surface area (Å²) in [7, 11) is 3.14. The summed E-state index contributed by atoms with van der Waals surface area (Å²) in [5.74, 6) is 0.882. The van der Waals surface area contributed by atoms with Gasteiger partial charge in [-0.05, 0) is 49.8 Å². The van der Waals surface area contributed by atoms with E-state index in [-0.39, 0.29) is 11.8 Å². The number of nitrogens with one attached hydrogen (secondary N) is 2. The lowest BCUT2D eigenvalue weighted by atomic mass is 9.81. The van der Waals surface area contributed by atoms with Crippen LogP contribution in [0.1, 0.15) is 34.7 Å². The summed E-state index contributed by atoms with van der Waals surface area (Å²) < 4.78 is 10.9. The number of hydrogen-bond acceptors (Lipinski definition) is 4. The number of rotatable bonds is 6. The SMILES string of the molecule is C=CC(=O)Nc1cc(C)ccc1-c1n[nH]c2c1CC[C@H](c1c(Cl)c(OC)cc(OC)c1Cl)C2. The molecular weight excluding hydrogens is 461 g/mol. The van der Waals surface area contributed by atoms with Gasteiger partial charge in [-0.2, -0.15) is 5.10 Å². The number of carbonyl (C=O) groups is 1. The number of aromatic nitrogens is 2. The van der Waals surface area contributed by atoms with Crippen molar-refractivity contribution in [3.05, 3.63) is 69.3 Å². The number of ether oxygens (including phenoxy) is 2. The van der Waals surface area contributed by atoms with E-state index in [0.717, 1.165) is 46.5 Å². The van der Waals surface area contributed by atoms with Gasteiger partial charge >= 0.3 is 0 Å². The fourth-order valence-electron chi connectivity index (χ4n) is 4.39. The van der Waals surface area contributed by atoms with Crippen LogP contribution >= 0.6 is 23.2 Å². The van der Waals surface area contributed by atoms with E-state index in [1.807, 2.05) is 25.1 Å². The summed E-state index contributed by atoms with van der Waals surface area (Å²) >= 11 is 13.3. The molecule has 8 heteroatoms. The van der Waals surface area contributed by atoms with Crippen molar-refractivity contribution >= 4 is 34.8 Å². The van der Waals surface area contributed by atoms with Crippen LogP contribution in [0.4, 0.5) is 5.69 Å². The molecule has 0 saturated heterocycles. The molecule has 1 atom stereocenters. The fourth-order valence-corrected chi connectivity index (χ4v) is 5.20. The Kier molecular flexibility index (Phi) is 6.68. The van der Waals surface area contributed by atoms with Gasteiger partial charge in [0.2, 0.25) is 5.91 Å². The maximum atomic E-state index is 12.0. The van der Waals surface area contributed by atoms with E-state index in [0.29, 0.717) is 33.7 Å². The number of aryl methyl sites for hydroxylation is 1. The zero-order chi connectivity index (χ0) is 23.7. The van der Waals surface area contributed by atoms with Crippen LogP contribution < -0.4 is 14.8 Å². The quantitative estimate of drug-likeness (QED) is 0.413. The largest absolute Gasteiger partial charge is 0.495 e. The highest BCUT2D eigenvalue weighted by Gasteiger charge is 2.31. The molecular formula is C25H25Cl2N3O3. The lowest BCUT2D eigenvalue weighted by Gasteiger charge is -2.26. The molecule has 0 bridgehead atoms. The van der Waals surface area contributed by atoms with Crippen LogP contribution in [0.15, 0.2) is 36.9 Å². The van der Waals surface area contributed by atoms with Crippen molar-refractivity contribution in [1.82, 2.24) is 10.2 Å². The van der Waals surface area contributed by atoms with Crippen LogP contribution in [-0.2, 0) is 17.6 Å². The van der Waals surface area contributed by atoms with Gasteiger partial charge in [-0.25, -0.2) is 0 Å². The average Bonchev–Trinajstić information content (AvgIpc) is 3.22. The molecule has 1 aliphatic rings. The predicted molar refractivity (Wildman–Crippen MR) is 132 cm³/mol. The van der Waals surface area contributed by atoms with Crippen LogP contribution in [-0.4, -0.2) is 30.3 Å². The van der Waals surface area contributed by atoms with Crippen molar-refractivity contribution in [3.63, 3.8) is 0 Å². The van der Waals surface area contributed by atoms with Crippen molar-refractivity contribution < 1.29 is 14.3 Å². The Hall–Kier alpha value is -2.96. The third-order valence-electron chi connectivity index (χ3n) is 6.04. The van der Waals surface area contributed by atoms with Crippen LogP contribution in [0.5, 0.6) is 11.5 Å². The standard InChI is InChI=1S/C25H25Cl2N3O3/c1-5-21(31)28-17-10-13(2)6-8-15(17)25-16-9-7-14(11-18(16)29-30-25)22-23(26)19(32-3)12-20(33-4)24(22)27/h5-6,8,10,12,14H,1,7,9,11H2,2-4H3,(H,28,31)(H,29,30)/t14-/m0/s1. The number of H-pyrrole nitrogens is 1. The molecule has 1 aliphatic carbocycles. The molecule has 1 aromatic heterocycles. The lowest BCUT2D eigenvalue weighted by molar-refractivity contribution is -0.111. The van der Waals surface area contributed by atoms with E-state index in [1.165, 1.54) is 6.08 Å². The van der Waals surface area contributed by atoms with Gasteiger partial charge in [0.25, 0.3) is 0 Å². The highest BCUT2D eigenvalue weighted by Crippen LogP contribution is 2.48. The molecule has 3 aromatic rings. The third kappa shape index (κ3) is 4.33. The topological polar surface area (TPSA) is 76.2 Å². The third-order valence-corrected chi connectivity index (χ3v) is 6.82. The molecule has 33 heavy (non-hydrogen) atoms. The van der Waals surface area contributed by atoms with Gasteiger partial charge in [0, 0.05) is 28.5 Å². The number of anilines is 1. The first-order valence-electron chi connectivity index (χ1n) is 10.6. The van der Waals surface area contributed by atoms with Gasteiger partial charge in [0.15, 0.2) is 0 Å². The van der Waals surface area contributed by atoms with Crippen LogP contribution in [0.3, 0.4) is 0 Å². The number of aromatic amines is 1. The molecule has 0 saturated carbocycles. The number of carbonyl (C=O) groups excluding carboxylic acids is 1. The van der Waals surface area contributed by atoms with Crippen molar-refractivity contribution in [2.45, 2.75) is 32.1 Å². The number of amides is 1. The number of fused-ring (bicyclic) bond motifs is 1. The number of methoxy groups -OCH3 is 2. The van der Waals surface area contributed by atoms with E-state index in [4.69, 9.17) is 32.7 Å². The van der Waals surface area contributed by atoms with Gasteiger partial charge in [-0.3, -0.25) is 9.89 Å². The Bertz CT molecular complexity index is 1210. The minimum Gasteiger partial charge on any atom is -0.495 e. The first kappa shape index (κ1) is 23.2. The second kappa shape index (κ2) is 9.49. The molecule has 1 heterocycles. The number of hydrogen-bond donors (Lipinski definition) is 2. The van der Waals surface area contributed by atoms with E-state index in [2.05, 4.69) is 22.1 Å². The Morgan fingerprint density at radius 3 is 2.55 bits per heavy atom. The summed E-state index contributed by atoms with van der Waals surface area (Å²) in [5.41, 5.74) is 6.43. The molecule has 0 fully saturated rings. The summed E-state index contributed by atoms with van der Waals surface area (Å²) in [6, 6.07) is 7.63. The van der Waals surface area contributed by atoms with Crippen molar-refractivity contribution in [2.24, 2.45) is 0 Å². The highest BCUT2D eigenvalue weighted by molar-refractivity contribution is 6.38. The van der Waals surface area contributed by atoms with Crippen molar-refractivity contribution in [3.8, 4) is 22.8 Å². The summed E-state index contributed by atoms with van der Waals surface area (Å²) in [4.78, 5) is 12.0. The van der Waals surface area contributed by atoms with Crippen LogP contribution in [0.25, 0.3) is 11.3 Å². The number of halogens is 2. The first-order chi connectivity index (χ1) is 15.9. The molecule has 172 valence electrons. The van der Waals surface area contributed by atoms with E-state index >= 15 is 0 Å². The van der Waals surface area contributed by atoms with Crippen LogP contribution in [0, 0.1) is 6.92 Å². The first-order valence-corrected chi connectivity index (χ1v) is 11.3. The van der Waals surface area contributed by atoms with Gasteiger partial charge in [0.05, 0.1) is 35.6 Å². The van der Waals surface area contributed by atoms with Gasteiger partial charge in [0.1, 0.15) is 11.5 Å². The fraction of sp³-hybridized carbons (Fsp3) is 0.280. The maximum absolute atomic E-state index is 12.0. The molecule has 0 aliphatic heterocycles. The molecule has 0 unspecified atom stereocenters. The lowest BCUT2D eigenvalue weighted by Crippen LogP contribution is -2.14. The normalized spacial score (nSPS) is 15.0. The summed E-state index contributed by atoms with van der Waals surface area (Å²) in [5, 5.41) is 11.7. The Morgan fingerprint density at radius 1 is 1.21 bits per heavy atom. The van der Waals surface area contributed by atoms with Crippen molar-refractivity contribution in [2.75, 3.05) is 19.5 Å². The second-order valence-electron chi connectivity index (χ2n) is 8.03. The Labute approximate surface area is 202 Å². The summed E-state index contributed by atoms with van der Waals surface area (Å²) in [6.07, 6.45) is 3.56. The maximum Gasteiger partial charge on any atom is 0.247 e. The van der Waals surface area contributed by atoms with Crippen molar-refractivity contribution in [1.29, 1.82) is 0 Å². The van der Waals surface area contributed by atoms with E-state index in [9.17, 15) is 4.79 Å². The Morgan fingerprint density at radius 2 is 1.91 bits per heavy atom. The number of nitrogens with zero attached hydrogens (tertiary/aromatic N) is 1. The average molecular weight is 486 g/mol. The van der Waals surface area contributed by atoms with Crippen LogP contribution in [0.2, 0.25) is 10.0 Å². The van der Waals surface area contributed by atoms with Gasteiger partial charge in [-0.1, -0.05) is 41.9 Å². The molecule has 6 nitrogen and oxygen atoms in total. The minimum absolute atomic E-state index is 0.0766. The zero-order valence-electron chi connectivity index (χ0n) is 18.7. The minimum atomic E-state index is -0.262. The van der Waals surface area contributed by atoms with E-state index in [1.54, 1.807) is 20.3 Å².